The van der Waals surface area contributed by atoms with Gasteiger partial charge in [0.15, 0.2) is 0 Å². The van der Waals surface area contributed by atoms with Gasteiger partial charge in [0.25, 0.3) is 0 Å². The zero-order chi connectivity index (χ0) is 8.81. The number of hydrogen-bond donors (Lipinski definition) is 1. The lowest BCUT2D eigenvalue weighted by molar-refractivity contribution is 0.210. The average Bonchev–Trinajstić information content (AvgIpc) is 2.09. The summed E-state index contributed by atoms with van der Waals surface area (Å²) in [5, 5.41) is 10.9. The summed E-state index contributed by atoms with van der Waals surface area (Å²) >= 11 is 0. The molecule has 0 aliphatic rings. The SMILES string of the molecule is COCCNc1ccc(C)nn1. The molecule has 0 amide bonds. The molecular weight excluding hydrogens is 154 g/mol. The van der Waals surface area contributed by atoms with Crippen LogP contribution in [0, 0.1) is 6.92 Å². The molecule has 0 bridgehead atoms. The van der Waals surface area contributed by atoms with Crippen molar-refractivity contribution in [3.05, 3.63) is 17.8 Å². The second-order valence-corrected chi connectivity index (χ2v) is 2.48. The van der Waals surface area contributed by atoms with Gasteiger partial charge in [0.2, 0.25) is 0 Å². The van der Waals surface area contributed by atoms with Crippen molar-refractivity contribution in [3.63, 3.8) is 0 Å². The van der Waals surface area contributed by atoms with Crippen molar-refractivity contribution in [2.45, 2.75) is 6.92 Å². The van der Waals surface area contributed by atoms with Gasteiger partial charge in [0.05, 0.1) is 12.3 Å². The number of nitrogens with one attached hydrogen (secondary N) is 1. The van der Waals surface area contributed by atoms with E-state index < -0.39 is 0 Å². The van der Waals surface area contributed by atoms with Gasteiger partial charge >= 0.3 is 0 Å². The van der Waals surface area contributed by atoms with E-state index in [2.05, 4.69) is 15.5 Å². The van der Waals surface area contributed by atoms with E-state index in [9.17, 15) is 0 Å². The van der Waals surface area contributed by atoms with Crippen molar-refractivity contribution in [1.29, 1.82) is 0 Å². The molecule has 0 saturated carbocycles. The van der Waals surface area contributed by atoms with Gasteiger partial charge in [-0.3, -0.25) is 0 Å². The summed E-state index contributed by atoms with van der Waals surface area (Å²) in [5.74, 6) is 0.789. The lowest BCUT2D eigenvalue weighted by Gasteiger charge is -2.02. The first-order valence-corrected chi connectivity index (χ1v) is 3.86. The number of methoxy groups -OCH3 is 1. The first-order valence-electron chi connectivity index (χ1n) is 3.86. The van der Waals surface area contributed by atoms with E-state index in [0.29, 0.717) is 6.61 Å². The third-order valence-electron chi connectivity index (χ3n) is 1.41. The molecule has 66 valence electrons. The van der Waals surface area contributed by atoms with Crippen LogP contribution in [-0.2, 0) is 4.74 Å². The Bertz CT molecular complexity index is 222. The smallest absolute Gasteiger partial charge is 0.148 e. The van der Waals surface area contributed by atoms with E-state index >= 15 is 0 Å². The molecule has 0 unspecified atom stereocenters. The van der Waals surface area contributed by atoms with Crippen molar-refractivity contribution in [3.8, 4) is 0 Å². The minimum absolute atomic E-state index is 0.676. The first-order chi connectivity index (χ1) is 5.83. The molecule has 12 heavy (non-hydrogen) atoms. The van der Waals surface area contributed by atoms with Crippen LogP contribution in [0.4, 0.5) is 5.82 Å². The fraction of sp³-hybridized carbons (Fsp3) is 0.500. The fourth-order valence-corrected chi connectivity index (χ4v) is 0.774. The lowest BCUT2D eigenvalue weighted by atomic mass is 10.4. The molecular formula is C8H13N3O. The second kappa shape index (κ2) is 4.66. The van der Waals surface area contributed by atoms with Gasteiger partial charge in [-0.1, -0.05) is 0 Å². The Kier molecular flexibility index (Phi) is 3.47. The van der Waals surface area contributed by atoms with Crippen LogP contribution in [-0.4, -0.2) is 30.5 Å². The summed E-state index contributed by atoms with van der Waals surface area (Å²) in [6.45, 7) is 3.34. The fourth-order valence-electron chi connectivity index (χ4n) is 0.774. The molecule has 0 radical (unpaired) electrons. The molecule has 1 aromatic rings. The molecule has 1 aromatic heterocycles. The molecule has 0 fully saturated rings. The zero-order valence-electron chi connectivity index (χ0n) is 7.37. The molecule has 0 aliphatic carbocycles. The summed E-state index contributed by atoms with van der Waals surface area (Å²) in [7, 11) is 1.67. The third-order valence-corrected chi connectivity index (χ3v) is 1.41. The molecule has 0 spiro atoms. The van der Waals surface area contributed by atoms with Gasteiger partial charge in [-0.05, 0) is 19.1 Å². The van der Waals surface area contributed by atoms with Crippen molar-refractivity contribution >= 4 is 5.82 Å². The van der Waals surface area contributed by atoms with Crippen molar-refractivity contribution in [1.82, 2.24) is 10.2 Å². The van der Waals surface area contributed by atoms with Crippen LogP contribution in [0.2, 0.25) is 0 Å². The third kappa shape index (κ3) is 2.84. The van der Waals surface area contributed by atoms with Gasteiger partial charge in [-0.2, -0.15) is 5.10 Å². The summed E-state index contributed by atoms with van der Waals surface area (Å²) in [6.07, 6.45) is 0. The Balaban J connectivity index is 2.37. The van der Waals surface area contributed by atoms with Gasteiger partial charge in [0.1, 0.15) is 5.82 Å². The predicted octanol–water partition coefficient (Wildman–Crippen LogP) is 0.843. The first kappa shape index (κ1) is 8.93. The van der Waals surface area contributed by atoms with Crippen LogP contribution in [0.15, 0.2) is 12.1 Å². The minimum atomic E-state index is 0.676. The average molecular weight is 167 g/mol. The van der Waals surface area contributed by atoms with Gasteiger partial charge < -0.3 is 10.1 Å². The number of anilines is 1. The number of nitrogens with zero attached hydrogens (tertiary/aromatic N) is 2. The molecule has 0 atom stereocenters. The Morgan fingerprint density at radius 2 is 2.25 bits per heavy atom. The van der Waals surface area contributed by atoms with E-state index in [4.69, 9.17) is 4.74 Å². The molecule has 4 heteroatoms. The van der Waals surface area contributed by atoms with Crippen LogP contribution in [0.5, 0.6) is 0 Å². The quantitative estimate of drug-likeness (QED) is 0.675. The molecule has 4 nitrogen and oxygen atoms in total. The number of rotatable bonds is 4. The van der Waals surface area contributed by atoms with E-state index in [1.165, 1.54) is 0 Å². The number of aryl methyl sites for hydroxylation is 1. The highest BCUT2D eigenvalue weighted by Gasteiger charge is 1.91. The van der Waals surface area contributed by atoms with E-state index in [0.717, 1.165) is 18.1 Å². The number of aromatic nitrogens is 2. The van der Waals surface area contributed by atoms with E-state index in [-0.39, 0.29) is 0 Å². The minimum Gasteiger partial charge on any atom is -0.383 e. The number of ether oxygens (including phenoxy) is 1. The summed E-state index contributed by atoms with van der Waals surface area (Å²) in [5.41, 5.74) is 0.923. The standard InChI is InChI=1S/C8H13N3O/c1-7-3-4-8(11-10-7)9-5-6-12-2/h3-4H,5-6H2,1-2H3,(H,9,11). The maximum Gasteiger partial charge on any atom is 0.148 e. The summed E-state index contributed by atoms with van der Waals surface area (Å²) in [6, 6.07) is 3.82. The van der Waals surface area contributed by atoms with Crippen LogP contribution in [0.3, 0.4) is 0 Å². The molecule has 1 rings (SSSR count). The maximum atomic E-state index is 4.88. The Morgan fingerprint density at radius 3 is 2.83 bits per heavy atom. The summed E-state index contributed by atoms with van der Waals surface area (Å²) < 4.78 is 4.88. The summed E-state index contributed by atoms with van der Waals surface area (Å²) in [4.78, 5) is 0. The van der Waals surface area contributed by atoms with Crippen LogP contribution in [0.1, 0.15) is 5.69 Å². The number of hydrogen-bond acceptors (Lipinski definition) is 4. The maximum absolute atomic E-state index is 4.88. The lowest BCUT2D eigenvalue weighted by Crippen LogP contribution is -2.09. The normalized spacial score (nSPS) is 9.83. The largest absolute Gasteiger partial charge is 0.383 e. The highest BCUT2D eigenvalue weighted by molar-refractivity contribution is 5.32. The molecule has 0 aromatic carbocycles. The van der Waals surface area contributed by atoms with Crippen LogP contribution < -0.4 is 5.32 Å². The predicted molar refractivity (Wildman–Crippen MR) is 47.1 cm³/mol. The van der Waals surface area contributed by atoms with E-state index in [1.54, 1.807) is 7.11 Å². The Labute approximate surface area is 72.0 Å². The Hall–Kier alpha value is -1.16. The highest BCUT2D eigenvalue weighted by Crippen LogP contribution is 1.99. The highest BCUT2D eigenvalue weighted by atomic mass is 16.5. The molecule has 0 aliphatic heterocycles. The zero-order valence-corrected chi connectivity index (χ0v) is 7.37. The van der Waals surface area contributed by atoms with E-state index in [1.807, 2.05) is 19.1 Å². The van der Waals surface area contributed by atoms with Crippen molar-refractivity contribution in [2.75, 3.05) is 25.6 Å². The Morgan fingerprint density at radius 1 is 1.42 bits per heavy atom. The molecule has 0 saturated heterocycles. The van der Waals surface area contributed by atoms with Crippen LogP contribution in [0.25, 0.3) is 0 Å². The van der Waals surface area contributed by atoms with Gasteiger partial charge in [-0.15, -0.1) is 5.10 Å². The molecule has 1 N–H and O–H groups in total. The van der Waals surface area contributed by atoms with Crippen molar-refractivity contribution < 1.29 is 4.74 Å². The second-order valence-electron chi connectivity index (χ2n) is 2.48. The van der Waals surface area contributed by atoms with Crippen LogP contribution >= 0.6 is 0 Å². The van der Waals surface area contributed by atoms with Gasteiger partial charge in [-0.25, -0.2) is 0 Å². The van der Waals surface area contributed by atoms with Gasteiger partial charge in [0, 0.05) is 13.7 Å². The van der Waals surface area contributed by atoms with Crippen molar-refractivity contribution in [2.24, 2.45) is 0 Å². The molecule has 1 heterocycles. The monoisotopic (exact) mass is 167 g/mol. The topological polar surface area (TPSA) is 47.0 Å².